The van der Waals surface area contributed by atoms with Gasteiger partial charge in [-0.3, -0.25) is 9.59 Å². The first-order chi connectivity index (χ1) is 24.6. The molecule has 0 radical (unpaired) electrons. The summed E-state index contributed by atoms with van der Waals surface area (Å²) in [5, 5.41) is 8.59. The van der Waals surface area contributed by atoms with Gasteiger partial charge < -0.3 is 10.8 Å². The first-order valence-electron chi connectivity index (χ1n) is 16.3. The van der Waals surface area contributed by atoms with E-state index in [1.165, 1.54) is 52.2 Å². The summed E-state index contributed by atoms with van der Waals surface area (Å²) < 4.78 is 75.8. The van der Waals surface area contributed by atoms with E-state index in [1.54, 1.807) is 30.3 Å². The Morgan fingerprint density at radius 2 is 0.943 bits per heavy atom. The molecule has 0 saturated heterocycles. The van der Waals surface area contributed by atoms with Crippen LogP contribution in [0.1, 0.15) is 118 Å². The van der Waals surface area contributed by atoms with Crippen LogP contribution in [0.3, 0.4) is 0 Å². The highest BCUT2D eigenvalue weighted by Gasteiger charge is 2.31. The SMILES string of the molecule is CC(C)c1ccc(C(=O)Cc2cccc(C(F)(F)F)c2)s1.CC(C)c1ccc(C(=O)O)s1.CC(N)c1ccc(C(=O)Cc2cccc(C(F)(F)F)c2)s1. The summed E-state index contributed by atoms with van der Waals surface area (Å²) in [5.74, 6) is -0.419. The predicted molar refractivity (Wildman–Crippen MR) is 200 cm³/mol. The van der Waals surface area contributed by atoms with Crippen LogP contribution in [-0.2, 0) is 25.2 Å². The monoisotopic (exact) mass is 795 g/mol. The summed E-state index contributed by atoms with van der Waals surface area (Å²) in [5.41, 5.74) is 5.00. The molecular formula is C39H39F6NO4S3. The van der Waals surface area contributed by atoms with Crippen LogP contribution in [0.2, 0.25) is 0 Å². The van der Waals surface area contributed by atoms with Crippen molar-refractivity contribution in [3.63, 3.8) is 0 Å². The van der Waals surface area contributed by atoms with Crippen LogP contribution >= 0.6 is 34.0 Å². The van der Waals surface area contributed by atoms with Crippen molar-refractivity contribution in [1.29, 1.82) is 0 Å². The molecule has 284 valence electrons. The van der Waals surface area contributed by atoms with Crippen LogP contribution in [-0.4, -0.2) is 22.6 Å². The molecule has 0 bridgehead atoms. The highest BCUT2D eigenvalue weighted by atomic mass is 32.1. The van der Waals surface area contributed by atoms with E-state index in [9.17, 15) is 40.7 Å². The van der Waals surface area contributed by atoms with Gasteiger partial charge in [-0.15, -0.1) is 34.0 Å². The number of benzene rings is 2. The van der Waals surface area contributed by atoms with Crippen molar-refractivity contribution < 1.29 is 45.8 Å². The average molecular weight is 796 g/mol. The molecule has 0 aliphatic carbocycles. The topological polar surface area (TPSA) is 97.5 Å². The predicted octanol–water partition coefficient (Wildman–Crippen LogP) is 12.1. The fourth-order valence-corrected chi connectivity index (χ4v) is 7.29. The van der Waals surface area contributed by atoms with Gasteiger partial charge in [-0.1, -0.05) is 64.1 Å². The molecule has 0 amide bonds. The van der Waals surface area contributed by atoms with Crippen molar-refractivity contribution in [3.05, 3.63) is 136 Å². The molecule has 0 spiro atoms. The van der Waals surface area contributed by atoms with Crippen LogP contribution in [0.5, 0.6) is 0 Å². The molecule has 14 heteroatoms. The minimum absolute atomic E-state index is 0.0119. The van der Waals surface area contributed by atoms with Gasteiger partial charge in [-0.25, -0.2) is 4.79 Å². The number of carboxylic acids is 1. The molecular weight excluding hydrogens is 757 g/mol. The lowest BCUT2D eigenvalue weighted by atomic mass is 10.0. The van der Waals surface area contributed by atoms with Gasteiger partial charge in [0.05, 0.1) is 20.9 Å². The summed E-state index contributed by atoms with van der Waals surface area (Å²) in [4.78, 5) is 39.3. The van der Waals surface area contributed by atoms with E-state index in [0.29, 0.717) is 37.6 Å². The summed E-state index contributed by atoms with van der Waals surface area (Å²) >= 11 is 4.04. The Kier molecular flexibility index (Phi) is 15.3. The summed E-state index contributed by atoms with van der Waals surface area (Å²) in [6, 6.07) is 20.2. The molecule has 5 nitrogen and oxygen atoms in total. The number of thiophene rings is 3. The lowest BCUT2D eigenvalue weighted by Crippen LogP contribution is -2.07. The Labute approximate surface area is 316 Å². The molecule has 53 heavy (non-hydrogen) atoms. The normalized spacial score (nSPS) is 12.1. The molecule has 1 atom stereocenters. The van der Waals surface area contributed by atoms with E-state index in [4.69, 9.17) is 10.8 Å². The molecule has 5 aromatic rings. The number of carbonyl (C=O) groups excluding carboxylic acids is 2. The molecule has 0 aliphatic rings. The van der Waals surface area contributed by atoms with Crippen LogP contribution in [0.25, 0.3) is 0 Å². The summed E-state index contributed by atoms with van der Waals surface area (Å²) in [6.45, 7) is 9.99. The number of hydrogen-bond acceptors (Lipinski definition) is 7. The second-order valence-electron chi connectivity index (χ2n) is 12.6. The molecule has 3 N–H and O–H groups in total. The van der Waals surface area contributed by atoms with E-state index in [2.05, 4.69) is 13.8 Å². The fourth-order valence-electron chi connectivity index (χ4n) is 4.60. The zero-order chi connectivity index (χ0) is 39.7. The van der Waals surface area contributed by atoms with Gasteiger partial charge in [0.25, 0.3) is 0 Å². The van der Waals surface area contributed by atoms with E-state index in [0.717, 1.165) is 38.9 Å². The van der Waals surface area contributed by atoms with Gasteiger partial charge in [-0.05, 0) is 78.4 Å². The number of rotatable bonds is 10. The zero-order valence-corrected chi connectivity index (χ0v) is 31.9. The molecule has 3 aromatic heterocycles. The Balaban J connectivity index is 0.000000225. The number of ketones is 2. The van der Waals surface area contributed by atoms with Crippen LogP contribution in [0, 0.1) is 0 Å². The standard InChI is InChI=1S/C16H15F3OS.C15H14F3NOS.C8H10O2S/c1-10(2)14-6-7-15(21-14)13(20)9-11-4-3-5-12(8-11)16(17,18)19;1-9(19)13-5-6-14(21-13)12(20)8-10-3-2-4-11(7-10)15(16,17)18;1-5(2)6-3-4-7(11-6)8(9)10/h3-8,10H,9H2,1-2H3;2-7,9H,8,19H2,1H3;3-5H,1-2H3,(H,9,10). The molecule has 2 aromatic carbocycles. The molecule has 3 heterocycles. The second kappa shape index (κ2) is 18.8. The lowest BCUT2D eigenvalue weighted by Gasteiger charge is -2.08. The maximum absolute atomic E-state index is 12.6. The summed E-state index contributed by atoms with van der Waals surface area (Å²) in [6.07, 6.45) is -8.85. The number of carboxylic acid groups (broad SMARTS) is 1. The number of halogens is 6. The van der Waals surface area contributed by atoms with Crippen molar-refractivity contribution in [2.45, 2.75) is 77.7 Å². The minimum Gasteiger partial charge on any atom is -0.477 e. The maximum atomic E-state index is 12.6. The number of carbonyl (C=O) groups is 3. The quantitative estimate of drug-likeness (QED) is 0.108. The van der Waals surface area contributed by atoms with Gasteiger partial charge in [0.1, 0.15) is 4.88 Å². The molecule has 0 saturated carbocycles. The van der Waals surface area contributed by atoms with Crippen molar-refractivity contribution in [3.8, 4) is 0 Å². The van der Waals surface area contributed by atoms with Crippen LogP contribution in [0.15, 0.2) is 84.9 Å². The molecule has 0 fully saturated rings. The van der Waals surface area contributed by atoms with Crippen LogP contribution in [0.4, 0.5) is 26.3 Å². The van der Waals surface area contributed by atoms with Gasteiger partial charge >= 0.3 is 18.3 Å². The van der Waals surface area contributed by atoms with E-state index in [-0.39, 0.29) is 30.4 Å². The van der Waals surface area contributed by atoms with E-state index in [1.807, 2.05) is 32.9 Å². The van der Waals surface area contributed by atoms with Crippen molar-refractivity contribution in [1.82, 2.24) is 0 Å². The van der Waals surface area contributed by atoms with Gasteiger partial charge in [0.15, 0.2) is 11.6 Å². The van der Waals surface area contributed by atoms with Gasteiger partial charge in [-0.2, -0.15) is 26.3 Å². The van der Waals surface area contributed by atoms with Crippen molar-refractivity contribution in [2.24, 2.45) is 5.73 Å². The Bertz CT molecular complexity index is 1870. The van der Waals surface area contributed by atoms with E-state index < -0.39 is 29.4 Å². The lowest BCUT2D eigenvalue weighted by molar-refractivity contribution is -0.138. The minimum atomic E-state index is -4.40. The average Bonchev–Trinajstić information content (AvgIpc) is 3.86. The van der Waals surface area contributed by atoms with Crippen molar-refractivity contribution in [2.75, 3.05) is 0 Å². The smallest absolute Gasteiger partial charge is 0.416 e. The zero-order valence-electron chi connectivity index (χ0n) is 29.5. The Morgan fingerprint density at radius 1 is 0.585 bits per heavy atom. The Morgan fingerprint density at radius 3 is 1.25 bits per heavy atom. The molecule has 0 aliphatic heterocycles. The van der Waals surface area contributed by atoms with Crippen LogP contribution < -0.4 is 5.73 Å². The maximum Gasteiger partial charge on any atom is 0.416 e. The van der Waals surface area contributed by atoms with Gasteiger partial charge in [0, 0.05) is 33.5 Å². The van der Waals surface area contributed by atoms with Gasteiger partial charge in [0.2, 0.25) is 0 Å². The summed E-state index contributed by atoms with van der Waals surface area (Å²) in [7, 11) is 0. The molecule has 5 rings (SSSR count). The number of aromatic carboxylic acids is 1. The molecule has 1 unspecified atom stereocenters. The third-order valence-corrected chi connectivity index (χ3v) is 11.6. The first kappa shape index (κ1) is 43.3. The highest BCUT2D eigenvalue weighted by Crippen LogP contribution is 2.32. The number of alkyl halides is 6. The largest absolute Gasteiger partial charge is 0.477 e. The number of nitrogens with two attached hydrogens (primary N) is 1. The fraction of sp³-hybridized carbons (Fsp3) is 0.308. The highest BCUT2D eigenvalue weighted by molar-refractivity contribution is 7.14. The Hall–Kier alpha value is -4.11. The van der Waals surface area contributed by atoms with Crippen molar-refractivity contribution >= 4 is 51.5 Å². The number of hydrogen-bond donors (Lipinski definition) is 2. The first-order valence-corrected chi connectivity index (χ1v) is 18.8. The second-order valence-corrected chi connectivity index (χ2v) is 16.0. The van der Waals surface area contributed by atoms with E-state index >= 15 is 0 Å². The number of Topliss-reactive ketones (excluding diaryl/α,β-unsaturated/α-hetero) is 2. The third-order valence-electron chi connectivity index (χ3n) is 7.47. The third kappa shape index (κ3) is 13.4.